The van der Waals surface area contributed by atoms with Crippen LogP contribution < -0.4 is 0 Å². The van der Waals surface area contributed by atoms with Gasteiger partial charge in [0.1, 0.15) is 5.75 Å². The number of aryl methyl sites for hydroxylation is 1. The predicted octanol–water partition coefficient (Wildman–Crippen LogP) is 2.98. The zero-order valence-corrected chi connectivity index (χ0v) is 14.2. The Morgan fingerprint density at radius 2 is 2.19 bits per heavy atom. The number of carbonyl (C=O) groups excluding carboxylic acids is 1. The number of benzene rings is 2. The molecule has 0 fully saturated rings. The Labute approximate surface area is 150 Å². The monoisotopic (exact) mass is 344 g/mol. The van der Waals surface area contributed by atoms with E-state index in [0.29, 0.717) is 17.7 Å². The molecule has 1 amide bonds. The van der Waals surface area contributed by atoms with Crippen LogP contribution in [0.1, 0.15) is 15.9 Å². The molecule has 2 aromatic carbocycles. The highest BCUT2D eigenvalue weighted by molar-refractivity contribution is 6.03. The van der Waals surface area contributed by atoms with Gasteiger partial charge in [0.2, 0.25) is 0 Å². The Morgan fingerprint density at radius 1 is 1.38 bits per heavy atom. The molecule has 1 aliphatic heterocycles. The molecule has 0 bridgehead atoms. The summed E-state index contributed by atoms with van der Waals surface area (Å²) in [6, 6.07) is 11.3. The van der Waals surface area contributed by atoms with Crippen LogP contribution in [0.4, 0.5) is 0 Å². The van der Waals surface area contributed by atoms with Crippen LogP contribution in [0, 0.1) is 11.3 Å². The maximum Gasteiger partial charge on any atom is 0.258 e. The molecule has 128 valence electrons. The standard InChI is InChI=1S/C20H16N4O2/c1-12(8-21)10-24-11-16-15(5-6-18(25)19(16)20(24)26)13-3-4-14-9-22-23(2)17(14)7-13/h3-7,9,25H,1,10-11H2,2H3. The van der Waals surface area contributed by atoms with Crippen LogP contribution in [0.25, 0.3) is 22.0 Å². The van der Waals surface area contributed by atoms with Gasteiger partial charge in [0.15, 0.2) is 0 Å². The Morgan fingerprint density at radius 3 is 2.96 bits per heavy atom. The number of hydrogen-bond donors (Lipinski definition) is 1. The number of hydrogen-bond acceptors (Lipinski definition) is 4. The molecule has 26 heavy (non-hydrogen) atoms. The van der Waals surface area contributed by atoms with E-state index in [2.05, 4.69) is 11.7 Å². The number of aromatic nitrogens is 2. The van der Waals surface area contributed by atoms with Crippen molar-refractivity contribution in [1.29, 1.82) is 5.26 Å². The Hall–Kier alpha value is -3.59. The van der Waals surface area contributed by atoms with Gasteiger partial charge in [-0.2, -0.15) is 10.4 Å². The number of phenolic OH excluding ortho intramolecular Hbond substituents is 1. The molecule has 0 saturated carbocycles. The summed E-state index contributed by atoms with van der Waals surface area (Å²) in [4.78, 5) is 14.2. The van der Waals surface area contributed by atoms with Crippen molar-refractivity contribution in [1.82, 2.24) is 14.7 Å². The number of carbonyl (C=O) groups is 1. The molecule has 1 N–H and O–H groups in total. The lowest BCUT2D eigenvalue weighted by Gasteiger charge is -2.14. The first-order valence-electron chi connectivity index (χ1n) is 8.13. The minimum atomic E-state index is -0.280. The maximum atomic E-state index is 12.7. The highest BCUT2D eigenvalue weighted by Gasteiger charge is 2.32. The van der Waals surface area contributed by atoms with Crippen molar-refractivity contribution in [3.8, 4) is 22.9 Å². The molecule has 0 radical (unpaired) electrons. The Bertz CT molecular complexity index is 1120. The number of aromatic hydroxyl groups is 1. The molecule has 1 aliphatic rings. The topological polar surface area (TPSA) is 82.2 Å². The normalized spacial score (nSPS) is 13.1. The number of nitrogens with zero attached hydrogens (tertiary/aromatic N) is 4. The van der Waals surface area contributed by atoms with Crippen LogP contribution >= 0.6 is 0 Å². The van der Waals surface area contributed by atoms with Gasteiger partial charge in [-0.15, -0.1) is 0 Å². The molecule has 2 heterocycles. The minimum Gasteiger partial charge on any atom is -0.507 e. The summed E-state index contributed by atoms with van der Waals surface area (Å²) in [5.41, 5.74) is 4.21. The summed E-state index contributed by atoms with van der Waals surface area (Å²) in [5.74, 6) is -0.321. The quantitative estimate of drug-likeness (QED) is 0.741. The smallest absolute Gasteiger partial charge is 0.258 e. The zero-order valence-electron chi connectivity index (χ0n) is 14.2. The number of fused-ring (bicyclic) bond motifs is 2. The molecule has 0 spiro atoms. The molecule has 0 unspecified atom stereocenters. The summed E-state index contributed by atoms with van der Waals surface area (Å²) < 4.78 is 1.80. The molecule has 6 heteroatoms. The lowest BCUT2D eigenvalue weighted by atomic mass is 9.95. The number of amides is 1. The highest BCUT2D eigenvalue weighted by Crippen LogP contribution is 2.38. The van der Waals surface area contributed by atoms with Gasteiger partial charge in [-0.05, 0) is 28.8 Å². The van der Waals surface area contributed by atoms with Gasteiger partial charge >= 0.3 is 0 Å². The molecule has 0 saturated heterocycles. The lowest BCUT2D eigenvalue weighted by Crippen LogP contribution is -2.25. The number of rotatable bonds is 3. The molecule has 0 aliphatic carbocycles. The maximum absolute atomic E-state index is 12.7. The summed E-state index contributed by atoms with van der Waals surface area (Å²) in [6.07, 6.45) is 1.80. The van der Waals surface area contributed by atoms with Gasteiger partial charge in [-0.25, -0.2) is 0 Å². The van der Waals surface area contributed by atoms with E-state index < -0.39 is 0 Å². The number of nitriles is 1. The largest absolute Gasteiger partial charge is 0.507 e. The summed E-state index contributed by atoms with van der Waals surface area (Å²) >= 11 is 0. The van der Waals surface area contributed by atoms with Gasteiger partial charge < -0.3 is 10.0 Å². The van der Waals surface area contributed by atoms with Crippen LogP contribution in [0.5, 0.6) is 5.75 Å². The predicted molar refractivity (Wildman–Crippen MR) is 97.3 cm³/mol. The first-order valence-corrected chi connectivity index (χ1v) is 8.13. The van der Waals surface area contributed by atoms with Crippen molar-refractivity contribution in [2.24, 2.45) is 7.05 Å². The fourth-order valence-electron chi connectivity index (χ4n) is 3.43. The molecule has 4 rings (SSSR count). The van der Waals surface area contributed by atoms with Gasteiger partial charge in [0, 0.05) is 24.6 Å². The number of phenols is 1. The molecule has 1 aromatic heterocycles. The van der Waals surface area contributed by atoms with E-state index in [-0.39, 0.29) is 18.2 Å². The fourth-order valence-corrected chi connectivity index (χ4v) is 3.43. The third kappa shape index (κ3) is 2.33. The van der Waals surface area contributed by atoms with Crippen molar-refractivity contribution in [2.45, 2.75) is 6.54 Å². The summed E-state index contributed by atoms with van der Waals surface area (Å²) in [7, 11) is 1.88. The van der Waals surface area contributed by atoms with Crippen LogP contribution in [0.3, 0.4) is 0 Å². The average molecular weight is 344 g/mol. The molecule has 3 aromatic rings. The minimum absolute atomic E-state index is 0.0413. The first-order chi connectivity index (χ1) is 12.5. The van der Waals surface area contributed by atoms with E-state index in [1.165, 1.54) is 4.90 Å². The first kappa shape index (κ1) is 15.9. The third-order valence-electron chi connectivity index (χ3n) is 4.74. The van der Waals surface area contributed by atoms with E-state index in [0.717, 1.165) is 27.6 Å². The highest BCUT2D eigenvalue weighted by atomic mass is 16.3. The SMILES string of the molecule is C=C(C#N)CN1Cc2c(-c3ccc4cnn(C)c4c3)ccc(O)c2C1=O. The van der Waals surface area contributed by atoms with Crippen molar-refractivity contribution < 1.29 is 9.90 Å². The summed E-state index contributed by atoms with van der Waals surface area (Å²) in [6.45, 7) is 4.14. The van der Waals surface area contributed by atoms with Crippen molar-refractivity contribution >= 4 is 16.8 Å². The van der Waals surface area contributed by atoms with Gasteiger partial charge in [0.05, 0.1) is 29.9 Å². The fraction of sp³-hybridized carbons (Fsp3) is 0.150. The van der Waals surface area contributed by atoms with Crippen LogP contribution in [0.15, 0.2) is 48.7 Å². The van der Waals surface area contributed by atoms with Crippen LogP contribution in [0.2, 0.25) is 0 Å². The second-order valence-corrected chi connectivity index (χ2v) is 6.40. The van der Waals surface area contributed by atoms with Crippen molar-refractivity contribution in [3.63, 3.8) is 0 Å². The van der Waals surface area contributed by atoms with Crippen LogP contribution in [-0.4, -0.2) is 32.2 Å². The Balaban J connectivity index is 1.83. The average Bonchev–Trinajstić information content (AvgIpc) is 3.16. The van der Waals surface area contributed by atoms with E-state index in [4.69, 9.17) is 5.26 Å². The molecule has 0 atom stereocenters. The van der Waals surface area contributed by atoms with Crippen molar-refractivity contribution in [2.75, 3.05) is 6.54 Å². The summed E-state index contributed by atoms with van der Waals surface area (Å²) in [5, 5.41) is 24.5. The second kappa shape index (κ2) is 5.74. The van der Waals surface area contributed by atoms with E-state index >= 15 is 0 Å². The van der Waals surface area contributed by atoms with Crippen molar-refractivity contribution in [3.05, 3.63) is 59.8 Å². The van der Waals surface area contributed by atoms with Gasteiger partial charge in [0.25, 0.3) is 5.91 Å². The lowest BCUT2D eigenvalue weighted by molar-refractivity contribution is 0.0792. The Kier molecular flexibility index (Phi) is 3.51. The van der Waals surface area contributed by atoms with Gasteiger partial charge in [-0.3, -0.25) is 9.48 Å². The van der Waals surface area contributed by atoms with E-state index in [9.17, 15) is 9.90 Å². The van der Waals surface area contributed by atoms with Crippen LogP contribution in [-0.2, 0) is 13.6 Å². The van der Waals surface area contributed by atoms with E-state index in [1.807, 2.05) is 37.4 Å². The zero-order chi connectivity index (χ0) is 18.4. The molecule has 6 nitrogen and oxygen atoms in total. The molecular weight excluding hydrogens is 328 g/mol. The molecular formula is C20H16N4O2. The second-order valence-electron chi connectivity index (χ2n) is 6.40. The van der Waals surface area contributed by atoms with Gasteiger partial charge in [-0.1, -0.05) is 24.8 Å². The van der Waals surface area contributed by atoms with E-state index in [1.54, 1.807) is 16.9 Å². The third-order valence-corrected chi connectivity index (χ3v) is 4.74.